The number of carbonyl (C=O) groups is 11. The Balaban J connectivity index is 1.33. The predicted molar refractivity (Wildman–Crippen MR) is 349 cm³/mol. The van der Waals surface area contributed by atoms with E-state index in [9.17, 15) is 47.9 Å². The summed E-state index contributed by atoms with van der Waals surface area (Å²) in [4.78, 5) is 169. The van der Waals surface area contributed by atoms with Gasteiger partial charge in [0, 0.05) is 68.8 Å². The summed E-state index contributed by atoms with van der Waals surface area (Å²) in [6.07, 6.45) is 4.58. The highest BCUT2D eigenvalue weighted by Crippen LogP contribution is 2.37. The summed E-state index contributed by atoms with van der Waals surface area (Å²) in [5.74, 6) is -6.45. The fourth-order valence-electron chi connectivity index (χ4n) is 12.7. The summed E-state index contributed by atoms with van der Waals surface area (Å²) >= 11 is 0. The predicted octanol–water partition coefficient (Wildman–Crippen LogP) is 5.97. The Bertz CT molecular complexity index is 2900. The van der Waals surface area contributed by atoms with Crippen LogP contribution < -0.4 is 10.6 Å². The van der Waals surface area contributed by atoms with Crippen LogP contribution in [0.1, 0.15) is 156 Å². The van der Waals surface area contributed by atoms with Gasteiger partial charge in [-0.15, -0.1) is 0 Å². The molecular formula is C69H106N10O13. The van der Waals surface area contributed by atoms with E-state index in [0.29, 0.717) is 51.4 Å². The maximum atomic E-state index is 15.2. The van der Waals surface area contributed by atoms with E-state index in [-0.39, 0.29) is 50.9 Å². The molecule has 1 aliphatic heterocycles. The molecule has 8 atom stereocenters. The standard InChI is InChI=1S/C69H106N10O13/c1-18-46(6)57(64(87)74(14)47(7)60(83)79-38-35-51(79)63(86)78(19-2)54(40-48-33-31-45(5)32-34-48)62(85)73(13)42-56(81)92-68(8,9)10)70-59(82)52(39-44(3)4)75(15)55(80)41-53(61(84)72(11)12)76(16)65(88)58(50-29-23-24-30-50)77(17)66(89)69(36-25-26-37-69)71-67(90)91-43-49-27-21-20-22-28-49/h20-22,27-28,31-34,44,46-47,50-54,57-58H,18-19,23-26,29-30,35-43H2,1-17H3,(H,70,82)(H,71,90)/t46-,47-,51-,52-,53-,54-,57-,58-/m0/s1. The third-order valence-electron chi connectivity index (χ3n) is 18.7. The molecule has 10 amide bonds. The van der Waals surface area contributed by atoms with E-state index >= 15 is 4.79 Å². The number of ether oxygens (including phenoxy) is 2. The molecule has 5 rings (SSSR count). The molecule has 23 heteroatoms. The van der Waals surface area contributed by atoms with Crippen LogP contribution in [0.25, 0.3) is 0 Å². The molecule has 2 saturated carbocycles. The highest BCUT2D eigenvalue weighted by Gasteiger charge is 2.51. The van der Waals surface area contributed by atoms with Crippen molar-refractivity contribution in [2.45, 2.75) is 213 Å². The van der Waals surface area contributed by atoms with Gasteiger partial charge in [-0.25, -0.2) is 4.79 Å². The minimum Gasteiger partial charge on any atom is -0.459 e. The normalized spacial score (nSPS) is 17.7. The fraction of sp³-hybridized carbons (Fsp3) is 0.667. The zero-order valence-electron chi connectivity index (χ0n) is 57.9. The molecule has 0 aromatic heterocycles. The monoisotopic (exact) mass is 1280 g/mol. The Morgan fingerprint density at radius 1 is 0.685 bits per heavy atom. The highest BCUT2D eigenvalue weighted by atomic mass is 16.6. The molecule has 510 valence electrons. The Morgan fingerprint density at radius 2 is 1.29 bits per heavy atom. The van der Waals surface area contributed by atoms with Gasteiger partial charge in [0.25, 0.3) is 0 Å². The van der Waals surface area contributed by atoms with Crippen molar-refractivity contribution in [2.75, 3.05) is 69.0 Å². The lowest BCUT2D eigenvalue weighted by atomic mass is 9.90. The number of alkyl carbamates (subject to hydrolysis) is 1. The van der Waals surface area contributed by atoms with Crippen molar-refractivity contribution in [1.29, 1.82) is 0 Å². The van der Waals surface area contributed by atoms with Crippen molar-refractivity contribution in [3.8, 4) is 0 Å². The molecule has 0 unspecified atom stereocenters. The Morgan fingerprint density at radius 3 is 1.83 bits per heavy atom. The summed E-state index contributed by atoms with van der Waals surface area (Å²) in [5.41, 5.74) is 0.435. The van der Waals surface area contributed by atoms with Gasteiger partial charge >= 0.3 is 12.1 Å². The summed E-state index contributed by atoms with van der Waals surface area (Å²) in [6.45, 7) is 17.8. The van der Waals surface area contributed by atoms with E-state index in [1.54, 1.807) is 48.6 Å². The molecule has 2 aromatic carbocycles. The molecule has 2 aliphatic carbocycles. The molecule has 0 radical (unpaired) electrons. The molecule has 0 bridgehead atoms. The number of hydrogen-bond donors (Lipinski definition) is 2. The van der Waals surface area contributed by atoms with E-state index in [2.05, 4.69) is 10.6 Å². The van der Waals surface area contributed by atoms with Gasteiger partial charge in [0.1, 0.15) is 66.6 Å². The van der Waals surface area contributed by atoms with Crippen LogP contribution in [0, 0.1) is 24.7 Å². The topological polar surface area (TPSA) is 256 Å². The highest BCUT2D eigenvalue weighted by molar-refractivity contribution is 5.99. The lowest BCUT2D eigenvalue weighted by molar-refractivity contribution is -0.162. The third-order valence-corrected chi connectivity index (χ3v) is 18.7. The Hall–Kier alpha value is -7.59. The lowest BCUT2D eigenvalue weighted by Gasteiger charge is -2.45. The van der Waals surface area contributed by atoms with Crippen LogP contribution in [0.5, 0.6) is 0 Å². The minimum atomic E-state index is -1.37. The van der Waals surface area contributed by atoms with E-state index in [1.165, 1.54) is 81.5 Å². The Kier molecular flexibility index (Phi) is 27.2. The zero-order valence-corrected chi connectivity index (χ0v) is 57.9. The van der Waals surface area contributed by atoms with Crippen molar-refractivity contribution in [1.82, 2.24) is 49.8 Å². The maximum Gasteiger partial charge on any atom is 0.408 e. The summed E-state index contributed by atoms with van der Waals surface area (Å²) in [6, 6.07) is 8.84. The van der Waals surface area contributed by atoms with Gasteiger partial charge in [0.2, 0.25) is 53.2 Å². The van der Waals surface area contributed by atoms with Gasteiger partial charge in [-0.3, -0.25) is 47.9 Å². The first kappa shape index (κ1) is 75.1. The average Bonchev–Trinajstić information content (AvgIpc) is 1.17. The Labute approximate surface area is 545 Å². The number of esters is 1. The molecular weight excluding hydrogens is 1180 g/mol. The lowest BCUT2D eigenvalue weighted by Crippen LogP contribution is -2.65. The first-order chi connectivity index (χ1) is 43.2. The molecule has 2 aromatic rings. The van der Waals surface area contributed by atoms with Gasteiger partial charge in [0.15, 0.2) is 0 Å². The number of benzene rings is 2. The quantitative estimate of drug-likeness (QED) is 0.0892. The van der Waals surface area contributed by atoms with Crippen LogP contribution >= 0.6 is 0 Å². The molecule has 23 nitrogen and oxygen atoms in total. The smallest absolute Gasteiger partial charge is 0.408 e. The number of aryl methyl sites for hydroxylation is 1. The van der Waals surface area contributed by atoms with E-state index in [1.807, 2.05) is 82.3 Å². The minimum absolute atomic E-state index is 0.00463. The van der Waals surface area contributed by atoms with Crippen LogP contribution in [0.15, 0.2) is 54.6 Å². The number of rotatable bonds is 29. The maximum absolute atomic E-state index is 15.2. The summed E-state index contributed by atoms with van der Waals surface area (Å²) in [5, 5.41) is 5.82. The van der Waals surface area contributed by atoms with Gasteiger partial charge in [0.05, 0.1) is 6.42 Å². The van der Waals surface area contributed by atoms with Crippen molar-refractivity contribution in [2.24, 2.45) is 17.8 Å². The van der Waals surface area contributed by atoms with E-state index < -0.39 is 131 Å². The van der Waals surface area contributed by atoms with Gasteiger partial charge < -0.3 is 59.3 Å². The molecule has 1 heterocycles. The second-order valence-corrected chi connectivity index (χ2v) is 27.4. The van der Waals surface area contributed by atoms with Crippen LogP contribution in [-0.4, -0.2) is 227 Å². The largest absolute Gasteiger partial charge is 0.459 e. The zero-order chi connectivity index (χ0) is 68.7. The second-order valence-electron chi connectivity index (χ2n) is 27.4. The molecule has 2 N–H and O–H groups in total. The van der Waals surface area contributed by atoms with Crippen molar-refractivity contribution in [3.05, 3.63) is 71.3 Å². The third kappa shape index (κ3) is 19.3. The number of hydrogen-bond acceptors (Lipinski definition) is 13. The summed E-state index contributed by atoms with van der Waals surface area (Å²) < 4.78 is 11.1. The van der Waals surface area contributed by atoms with Crippen molar-refractivity contribution >= 4 is 65.2 Å². The molecule has 1 saturated heterocycles. The molecule has 92 heavy (non-hydrogen) atoms. The second kappa shape index (κ2) is 33.3. The fourth-order valence-corrected chi connectivity index (χ4v) is 12.7. The van der Waals surface area contributed by atoms with Crippen LogP contribution in [-0.2, 0) is 70.4 Å². The average molecular weight is 1280 g/mol. The summed E-state index contributed by atoms with van der Waals surface area (Å²) in [7, 11) is 10.4. The first-order valence-electron chi connectivity index (χ1n) is 32.9. The van der Waals surface area contributed by atoms with Gasteiger partial charge in [-0.1, -0.05) is 120 Å². The van der Waals surface area contributed by atoms with Gasteiger partial charge in [-0.2, -0.15) is 0 Å². The number of carbonyl (C=O) groups excluding carboxylic acids is 11. The van der Waals surface area contributed by atoms with Crippen molar-refractivity contribution in [3.63, 3.8) is 0 Å². The van der Waals surface area contributed by atoms with Crippen LogP contribution in [0.4, 0.5) is 4.79 Å². The number of amides is 10. The van der Waals surface area contributed by atoms with Gasteiger partial charge in [-0.05, 0) is 109 Å². The van der Waals surface area contributed by atoms with Crippen molar-refractivity contribution < 1.29 is 62.2 Å². The number of nitrogens with one attached hydrogen (secondary N) is 2. The first-order valence-corrected chi connectivity index (χ1v) is 32.9. The van der Waals surface area contributed by atoms with Crippen LogP contribution in [0.3, 0.4) is 0 Å². The number of likely N-dealkylation sites (tertiary alicyclic amines) is 1. The van der Waals surface area contributed by atoms with Crippen LogP contribution in [0.2, 0.25) is 0 Å². The number of nitrogens with zero attached hydrogens (tertiary/aromatic N) is 8. The van der Waals surface area contributed by atoms with E-state index in [4.69, 9.17) is 9.47 Å². The number of likely N-dealkylation sites (N-methyl/N-ethyl adjacent to an activating group) is 7. The molecule has 3 aliphatic rings. The molecule has 3 fully saturated rings. The molecule has 0 spiro atoms. The van der Waals surface area contributed by atoms with E-state index in [0.717, 1.165) is 29.5 Å². The SMILES string of the molecule is CC[C@H](C)[C@H](NC(=O)[C@H](CC(C)C)N(C)C(=O)C[C@@H](C(=O)N(C)C)N(C)C(=O)[C@H](C1CCCC1)N(C)C(=O)C1(NC(=O)OCc2ccccc2)CCCC1)C(=O)N(C)[C@@H](C)C(=O)N1CC[C@H]1C(=O)N(CC)[C@@H](Cc1ccc(C)cc1)C(=O)N(C)CC(=O)OC(C)(C)C.